The Bertz CT molecular complexity index is 825. The minimum atomic E-state index is -0.218. The number of thiophene rings is 1. The topological polar surface area (TPSA) is 75.7 Å². The second-order valence-electron chi connectivity index (χ2n) is 6.40. The number of carbonyl (C=O) groups is 3. The normalized spacial score (nSPS) is 10.4. The zero-order valence-electron chi connectivity index (χ0n) is 16.0. The summed E-state index contributed by atoms with van der Waals surface area (Å²) in [6.45, 7) is 3.84. The van der Waals surface area contributed by atoms with Crippen LogP contribution in [0.15, 0.2) is 30.3 Å². The second-order valence-corrected chi connectivity index (χ2v) is 7.86. The average Bonchev–Trinajstić information content (AvgIpc) is 2.97. The number of nitrogens with zero attached hydrogens (tertiary/aromatic N) is 1. The fourth-order valence-corrected chi connectivity index (χ4v) is 3.34. The first-order valence-corrected chi connectivity index (χ1v) is 9.41. The number of ether oxygens (including phenoxy) is 1. The number of Topliss-reactive ketones (excluding diaryl/α,β-unsaturated/α-hetero) is 1. The molecule has 6 nitrogen and oxygen atoms in total. The maximum absolute atomic E-state index is 12.2. The van der Waals surface area contributed by atoms with Gasteiger partial charge in [-0.2, -0.15) is 0 Å². The quantitative estimate of drug-likeness (QED) is 0.703. The molecule has 0 unspecified atom stereocenters. The number of hydrogen-bond acceptors (Lipinski definition) is 5. The largest absolute Gasteiger partial charge is 0.484 e. The molecule has 2 rings (SSSR count). The summed E-state index contributed by atoms with van der Waals surface area (Å²) in [4.78, 5) is 39.3. The number of likely N-dealkylation sites (N-methyl/N-ethyl adjacent to an activating group) is 1. The molecular formula is C20H24N2O4S. The van der Waals surface area contributed by atoms with Gasteiger partial charge < -0.3 is 15.0 Å². The molecule has 0 atom stereocenters. The fourth-order valence-electron chi connectivity index (χ4n) is 2.40. The molecule has 2 amide bonds. The van der Waals surface area contributed by atoms with Crippen LogP contribution in [0, 0.1) is 13.8 Å². The lowest BCUT2D eigenvalue weighted by Gasteiger charge is -2.11. The van der Waals surface area contributed by atoms with E-state index in [1.807, 2.05) is 19.9 Å². The number of nitrogens with one attached hydrogen (secondary N) is 1. The molecule has 0 saturated carbocycles. The number of hydrogen-bond donors (Lipinski definition) is 1. The summed E-state index contributed by atoms with van der Waals surface area (Å²) >= 11 is 1.59. The van der Waals surface area contributed by atoms with Crippen molar-refractivity contribution in [2.45, 2.75) is 26.7 Å². The third-order valence-electron chi connectivity index (χ3n) is 3.92. The summed E-state index contributed by atoms with van der Waals surface area (Å²) in [5.74, 6) is 0.181. The van der Waals surface area contributed by atoms with Gasteiger partial charge >= 0.3 is 0 Å². The van der Waals surface area contributed by atoms with E-state index in [0.29, 0.717) is 17.0 Å². The van der Waals surface area contributed by atoms with Crippen LogP contribution in [-0.2, 0) is 9.59 Å². The van der Waals surface area contributed by atoms with Crippen molar-refractivity contribution >= 4 is 34.6 Å². The van der Waals surface area contributed by atoms with Crippen molar-refractivity contribution in [2.75, 3.05) is 26.0 Å². The fraction of sp³-hybridized carbons (Fsp3) is 0.350. The Balaban J connectivity index is 1.81. The summed E-state index contributed by atoms with van der Waals surface area (Å²) in [5, 5.41) is 2.76. The van der Waals surface area contributed by atoms with Gasteiger partial charge in [0.25, 0.3) is 5.91 Å². The molecule has 2 aromatic rings. The SMILES string of the molecule is Cc1cc(C(=O)CCC(=O)Nc2ccc(OCC(=O)N(C)C)cc2)c(C)s1. The summed E-state index contributed by atoms with van der Waals surface area (Å²) in [5.41, 5.74) is 1.32. The van der Waals surface area contributed by atoms with E-state index in [2.05, 4.69) is 5.32 Å². The first-order valence-electron chi connectivity index (χ1n) is 8.59. The van der Waals surface area contributed by atoms with Crippen molar-refractivity contribution in [3.8, 4) is 5.75 Å². The highest BCUT2D eigenvalue weighted by molar-refractivity contribution is 7.12. The number of anilines is 1. The molecule has 0 aliphatic heterocycles. The van der Waals surface area contributed by atoms with Crippen LogP contribution in [-0.4, -0.2) is 43.2 Å². The summed E-state index contributed by atoms with van der Waals surface area (Å²) in [6.07, 6.45) is 0.305. The maximum Gasteiger partial charge on any atom is 0.259 e. The molecule has 0 radical (unpaired) electrons. The van der Waals surface area contributed by atoms with Crippen LogP contribution in [0.3, 0.4) is 0 Å². The molecule has 0 spiro atoms. The van der Waals surface area contributed by atoms with E-state index in [4.69, 9.17) is 4.74 Å². The minimum Gasteiger partial charge on any atom is -0.484 e. The van der Waals surface area contributed by atoms with Gasteiger partial charge in [-0.25, -0.2) is 0 Å². The lowest BCUT2D eigenvalue weighted by molar-refractivity contribution is -0.130. The van der Waals surface area contributed by atoms with Crippen LogP contribution in [0.5, 0.6) is 5.75 Å². The minimum absolute atomic E-state index is 0.0127. The van der Waals surface area contributed by atoms with Crippen molar-refractivity contribution in [3.05, 3.63) is 45.6 Å². The number of benzene rings is 1. The molecule has 1 heterocycles. The van der Waals surface area contributed by atoms with Gasteiger partial charge in [0.15, 0.2) is 12.4 Å². The van der Waals surface area contributed by atoms with Gasteiger partial charge in [-0.3, -0.25) is 14.4 Å². The maximum atomic E-state index is 12.2. The van der Waals surface area contributed by atoms with E-state index in [0.717, 1.165) is 9.75 Å². The average molecular weight is 388 g/mol. The molecule has 27 heavy (non-hydrogen) atoms. The standard InChI is InChI=1S/C20H24N2O4S/c1-13-11-17(14(2)27-13)18(23)9-10-19(24)21-15-5-7-16(8-6-15)26-12-20(25)22(3)4/h5-8,11H,9-10,12H2,1-4H3,(H,21,24). The predicted octanol–water partition coefficient (Wildman–Crippen LogP) is 3.43. The van der Waals surface area contributed by atoms with Crippen molar-refractivity contribution in [2.24, 2.45) is 0 Å². The first-order chi connectivity index (χ1) is 12.8. The number of aryl methyl sites for hydroxylation is 2. The lowest BCUT2D eigenvalue weighted by atomic mass is 10.1. The van der Waals surface area contributed by atoms with E-state index < -0.39 is 0 Å². The summed E-state index contributed by atoms with van der Waals surface area (Å²) < 4.78 is 5.38. The molecule has 0 bridgehead atoms. The molecule has 7 heteroatoms. The van der Waals surface area contributed by atoms with Crippen molar-refractivity contribution in [1.29, 1.82) is 0 Å². The molecule has 0 fully saturated rings. The van der Waals surface area contributed by atoms with Crippen molar-refractivity contribution in [3.63, 3.8) is 0 Å². The van der Waals surface area contributed by atoms with E-state index in [1.165, 1.54) is 4.90 Å². The van der Waals surface area contributed by atoms with Crippen LogP contribution in [0.25, 0.3) is 0 Å². The molecule has 0 aliphatic carbocycles. The Morgan fingerprint density at radius 1 is 1.07 bits per heavy atom. The van der Waals surface area contributed by atoms with Crippen LogP contribution < -0.4 is 10.1 Å². The van der Waals surface area contributed by atoms with Gasteiger partial charge in [0.2, 0.25) is 5.91 Å². The van der Waals surface area contributed by atoms with E-state index >= 15 is 0 Å². The van der Waals surface area contributed by atoms with E-state index in [-0.39, 0.29) is 37.0 Å². The summed E-state index contributed by atoms with van der Waals surface area (Å²) in [7, 11) is 3.33. The molecule has 1 N–H and O–H groups in total. The van der Waals surface area contributed by atoms with Crippen LogP contribution >= 0.6 is 11.3 Å². The zero-order valence-corrected chi connectivity index (χ0v) is 16.8. The third-order valence-corrected chi connectivity index (χ3v) is 4.89. The molecule has 144 valence electrons. The predicted molar refractivity (Wildman–Crippen MR) is 107 cm³/mol. The highest BCUT2D eigenvalue weighted by atomic mass is 32.1. The van der Waals surface area contributed by atoms with Crippen LogP contribution in [0.4, 0.5) is 5.69 Å². The first kappa shape index (κ1) is 20.6. The monoisotopic (exact) mass is 388 g/mol. The van der Waals surface area contributed by atoms with E-state index in [1.54, 1.807) is 49.7 Å². The highest BCUT2D eigenvalue weighted by Crippen LogP contribution is 2.22. The molecule has 1 aromatic carbocycles. The summed E-state index contributed by atoms with van der Waals surface area (Å²) in [6, 6.07) is 8.63. The lowest BCUT2D eigenvalue weighted by Crippen LogP contribution is -2.27. The number of carbonyl (C=O) groups excluding carboxylic acids is 3. The second kappa shape index (κ2) is 9.32. The van der Waals surface area contributed by atoms with Gasteiger partial charge in [-0.1, -0.05) is 0 Å². The molecular weight excluding hydrogens is 364 g/mol. The Morgan fingerprint density at radius 2 is 1.74 bits per heavy atom. The Kier molecular flexibility index (Phi) is 7.12. The molecule has 0 aliphatic rings. The van der Waals surface area contributed by atoms with Crippen LogP contribution in [0.2, 0.25) is 0 Å². The Labute approximate surface area is 163 Å². The van der Waals surface area contributed by atoms with Gasteiger partial charge in [-0.05, 0) is 44.2 Å². The Morgan fingerprint density at radius 3 is 2.30 bits per heavy atom. The Hall–Kier alpha value is -2.67. The van der Waals surface area contributed by atoms with Gasteiger partial charge in [-0.15, -0.1) is 11.3 Å². The van der Waals surface area contributed by atoms with Crippen molar-refractivity contribution < 1.29 is 19.1 Å². The highest BCUT2D eigenvalue weighted by Gasteiger charge is 2.14. The van der Waals surface area contributed by atoms with Gasteiger partial charge in [0.1, 0.15) is 5.75 Å². The molecule has 0 saturated heterocycles. The number of amides is 2. The van der Waals surface area contributed by atoms with Gasteiger partial charge in [0.05, 0.1) is 0 Å². The molecule has 1 aromatic heterocycles. The number of ketones is 1. The van der Waals surface area contributed by atoms with Crippen molar-refractivity contribution in [1.82, 2.24) is 4.90 Å². The zero-order chi connectivity index (χ0) is 20.0. The third kappa shape index (κ3) is 6.21. The number of rotatable bonds is 8. The smallest absolute Gasteiger partial charge is 0.259 e. The van der Waals surface area contributed by atoms with E-state index in [9.17, 15) is 14.4 Å². The van der Waals surface area contributed by atoms with Crippen LogP contribution in [0.1, 0.15) is 33.0 Å². The van der Waals surface area contributed by atoms with Gasteiger partial charge in [0, 0.05) is 47.9 Å².